The van der Waals surface area contributed by atoms with E-state index >= 15 is 0 Å². The Hall–Kier alpha value is -1.91. The van der Waals surface area contributed by atoms with E-state index in [2.05, 4.69) is 10.3 Å². The van der Waals surface area contributed by atoms with E-state index in [-0.39, 0.29) is 11.8 Å². The molecular weight excluding hydrogens is 254 g/mol. The summed E-state index contributed by atoms with van der Waals surface area (Å²) in [5, 5.41) is 2.90. The molecule has 1 fully saturated rings. The number of nitrogens with zero attached hydrogens (tertiary/aromatic N) is 2. The zero-order valence-electron chi connectivity index (χ0n) is 12.4. The average molecular weight is 275 g/mol. The molecule has 1 atom stereocenters. The maximum Gasteiger partial charge on any atom is 0.253 e. The highest BCUT2D eigenvalue weighted by Gasteiger charge is 2.48. The lowest BCUT2D eigenvalue weighted by molar-refractivity contribution is -0.138. The number of rotatable bonds is 3. The van der Waals surface area contributed by atoms with Crippen LogP contribution in [-0.4, -0.2) is 28.4 Å². The zero-order chi connectivity index (χ0) is 14.9. The van der Waals surface area contributed by atoms with Gasteiger partial charge >= 0.3 is 0 Å². The lowest BCUT2D eigenvalue weighted by atomic mass is 9.87. The number of carbonyl (C=O) groups is 2. The lowest BCUT2D eigenvalue weighted by Gasteiger charge is -2.44. The number of anilines is 1. The quantitative estimate of drug-likeness (QED) is 0.915. The Balaban J connectivity index is 2.52. The highest BCUT2D eigenvalue weighted by Crippen LogP contribution is 2.30. The summed E-state index contributed by atoms with van der Waals surface area (Å²) >= 11 is 0. The predicted molar refractivity (Wildman–Crippen MR) is 77.4 cm³/mol. The van der Waals surface area contributed by atoms with Crippen LogP contribution < -0.4 is 10.2 Å². The molecule has 20 heavy (non-hydrogen) atoms. The molecule has 1 aliphatic rings. The second-order valence-corrected chi connectivity index (χ2v) is 5.29. The van der Waals surface area contributed by atoms with Crippen molar-refractivity contribution in [3.05, 3.63) is 24.0 Å². The van der Waals surface area contributed by atoms with Gasteiger partial charge in [-0.1, -0.05) is 13.8 Å². The molecule has 5 nitrogen and oxygen atoms in total. The van der Waals surface area contributed by atoms with Gasteiger partial charge in [0.1, 0.15) is 11.6 Å². The topological polar surface area (TPSA) is 62.3 Å². The fourth-order valence-electron chi connectivity index (χ4n) is 2.67. The van der Waals surface area contributed by atoms with Crippen LogP contribution >= 0.6 is 0 Å². The van der Waals surface area contributed by atoms with Gasteiger partial charge in [-0.2, -0.15) is 0 Å². The third kappa shape index (κ3) is 2.07. The van der Waals surface area contributed by atoms with Gasteiger partial charge in [-0.05, 0) is 38.3 Å². The number of hydrogen-bond donors (Lipinski definition) is 1. The van der Waals surface area contributed by atoms with Gasteiger partial charge in [-0.25, -0.2) is 0 Å². The SMILES string of the molecule is CCC1(CC)NC(=O)C(C)N(c2cnccc2C)C1=O. The Kier molecular flexibility index (Phi) is 3.79. The van der Waals surface area contributed by atoms with Crippen molar-refractivity contribution in [2.75, 3.05) is 4.90 Å². The average Bonchev–Trinajstić information content (AvgIpc) is 2.45. The number of aromatic nitrogens is 1. The molecule has 1 saturated heterocycles. The molecule has 2 rings (SSSR count). The molecule has 2 heterocycles. The Morgan fingerprint density at radius 2 is 2.00 bits per heavy atom. The van der Waals surface area contributed by atoms with Crippen LogP contribution in [0.4, 0.5) is 5.69 Å². The van der Waals surface area contributed by atoms with Crippen molar-refractivity contribution in [1.82, 2.24) is 10.3 Å². The van der Waals surface area contributed by atoms with Crippen molar-refractivity contribution in [1.29, 1.82) is 0 Å². The van der Waals surface area contributed by atoms with Crippen LogP contribution in [0.2, 0.25) is 0 Å². The van der Waals surface area contributed by atoms with Crippen LogP contribution in [0.25, 0.3) is 0 Å². The Morgan fingerprint density at radius 1 is 1.35 bits per heavy atom. The summed E-state index contributed by atoms with van der Waals surface area (Å²) in [6.07, 6.45) is 4.50. The van der Waals surface area contributed by atoms with Gasteiger partial charge in [-0.15, -0.1) is 0 Å². The predicted octanol–water partition coefficient (Wildman–Crippen LogP) is 1.80. The molecule has 5 heteroatoms. The van der Waals surface area contributed by atoms with E-state index < -0.39 is 11.6 Å². The Morgan fingerprint density at radius 3 is 2.55 bits per heavy atom. The van der Waals surface area contributed by atoms with E-state index in [9.17, 15) is 9.59 Å². The minimum Gasteiger partial charge on any atom is -0.340 e. The molecule has 1 aromatic rings. The molecule has 1 aliphatic heterocycles. The number of nitrogens with one attached hydrogen (secondary N) is 1. The van der Waals surface area contributed by atoms with E-state index in [1.807, 2.05) is 26.8 Å². The van der Waals surface area contributed by atoms with E-state index in [0.717, 1.165) is 5.56 Å². The number of hydrogen-bond acceptors (Lipinski definition) is 3. The minimum absolute atomic E-state index is 0.0503. The van der Waals surface area contributed by atoms with Crippen molar-refractivity contribution in [2.45, 2.75) is 52.1 Å². The van der Waals surface area contributed by atoms with Crippen LogP contribution in [0.15, 0.2) is 18.5 Å². The molecule has 0 aromatic carbocycles. The monoisotopic (exact) mass is 275 g/mol. The van der Waals surface area contributed by atoms with Gasteiger partial charge in [0, 0.05) is 6.20 Å². The fraction of sp³-hybridized carbons (Fsp3) is 0.533. The van der Waals surface area contributed by atoms with Crippen LogP contribution in [0.1, 0.15) is 39.2 Å². The third-order valence-corrected chi connectivity index (χ3v) is 4.24. The molecule has 108 valence electrons. The summed E-state index contributed by atoms with van der Waals surface area (Å²) in [7, 11) is 0. The highest BCUT2D eigenvalue weighted by molar-refractivity contribution is 6.10. The molecule has 0 bridgehead atoms. The van der Waals surface area contributed by atoms with Crippen molar-refractivity contribution >= 4 is 17.5 Å². The first kappa shape index (κ1) is 14.5. The van der Waals surface area contributed by atoms with Crippen LogP contribution in [0.3, 0.4) is 0 Å². The molecule has 0 radical (unpaired) electrons. The minimum atomic E-state index is -0.800. The highest BCUT2D eigenvalue weighted by atomic mass is 16.2. The first-order valence-corrected chi connectivity index (χ1v) is 7.03. The van der Waals surface area contributed by atoms with Gasteiger partial charge in [-0.3, -0.25) is 19.5 Å². The molecule has 0 spiro atoms. The maximum atomic E-state index is 12.9. The molecule has 0 aliphatic carbocycles. The second-order valence-electron chi connectivity index (χ2n) is 5.29. The van der Waals surface area contributed by atoms with E-state index in [1.54, 1.807) is 24.2 Å². The van der Waals surface area contributed by atoms with E-state index in [0.29, 0.717) is 18.5 Å². The van der Waals surface area contributed by atoms with Crippen LogP contribution in [0.5, 0.6) is 0 Å². The maximum absolute atomic E-state index is 12.9. The normalized spacial score (nSPS) is 21.8. The summed E-state index contributed by atoms with van der Waals surface area (Å²) in [6.45, 7) is 7.51. The van der Waals surface area contributed by atoms with Gasteiger partial charge < -0.3 is 5.32 Å². The summed E-state index contributed by atoms with van der Waals surface area (Å²) in [6, 6.07) is 1.33. The number of amides is 2. The molecular formula is C15H21N3O2. The summed E-state index contributed by atoms with van der Waals surface area (Å²) < 4.78 is 0. The second kappa shape index (κ2) is 5.23. The van der Waals surface area contributed by atoms with E-state index in [1.165, 1.54) is 0 Å². The molecule has 1 unspecified atom stereocenters. The van der Waals surface area contributed by atoms with Crippen molar-refractivity contribution < 1.29 is 9.59 Å². The van der Waals surface area contributed by atoms with Gasteiger partial charge in [0.25, 0.3) is 5.91 Å². The van der Waals surface area contributed by atoms with Crippen molar-refractivity contribution in [2.24, 2.45) is 0 Å². The first-order chi connectivity index (χ1) is 9.46. The largest absolute Gasteiger partial charge is 0.340 e. The summed E-state index contributed by atoms with van der Waals surface area (Å²) in [4.78, 5) is 30.8. The Labute approximate surface area is 119 Å². The molecule has 0 saturated carbocycles. The van der Waals surface area contributed by atoms with Crippen LogP contribution in [0, 0.1) is 6.92 Å². The number of carbonyl (C=O) groups excluding carboxylic acids is 2. The first-order valence-electron chi connectivity index (χ1n) is 7.03. The number of pyridine rings is 1. The van der Waals surface area contributed by atoms with Crippen LogP contribution in [-0.2, 0) is 9.59 Å². The fourth-order valence-corrected chi connectivity index (χ4v) is 2.67. The lowest BCUT2D eigenvalue weighted by Crippen LogP contribution is -2.69. The summed E-state index contributed by atoms with van der Waals surface area (Å²) in [5.41, 5.74) is 0.855. The molecule has 1 N–H and O–H groups in total. The van der Waals surface area contributed by atoms with Crippen molar-refractivity contribution in [3.8, 4) is 0 Å². The smallest absolute Gasteiger partial charge is 0.253 e. The number of aryl methyl sites for hydroxylation is 1. The summed E-state index contributed by atoms with van der Waals surface area (Å²) in [5.74, 6) is -0.165. The molecule has 2 amide bonds. The van der Waals surface area contributed by atoms with Crippen molar-refractivity contribution in [3.63, 3.8) is 0 Å². The van der Waals surface area contributed by atoms with E-state index in [4.69, 9.17) is 0 Å². The Bertz CT molecular complexity index is 538. The zero-order valence-corrected chi connectivity index (χ0v) is 12.4. The van der Waals surface area contributed by atoms with Gasteiger partial charge in [0.2, 0.25) is 5.91 Å². The standard InChI is InChI=1S/C15H21N3O2/c1-5-15(6-2)14(20)18(11(4)13(19)17-15)12-9-16-8-7-10(12)3/h7-9,11H,5-6H2,1-4H3,(H,17,19). The third-order valence-electron chi connectivity index (χ3n) is 4.24. The van der Waals surface area contributed by atoms with Gasteiger partial charge in [0.15, 0.2) is 0 Å². The number of piperazine rings is 1. The van der Waals surface area contributed by atoms with Gasteiger partial charge in [0.05, 0.1) is 11.9 Å². The molecule has 1 aromatic heterocycles.